The molecule has 3 nitrogen and oxygen atoms in total. The van der Waals surface area contributed by atoms with E-state index in [0.717, 1.165) is 18.7 Å². The van der Waals surface area contributed by atoms with Gasteiger partial charge >= 0.3 is 0 Å². The van der Waals surface area contributed by atoms with E-state index >= 15 is 0 Å². The number of nitrogens with two attached hydrogens (primary N) is 1. The van der Waals surface area contributed by atoms with Crippen LogP contribution in [0.2, 0.25) is 0 Å². The first kappa shape index (κ1) is 8.64. The number of hydrogen-bond acceptors (Lipinski definition) is 4. The fourth-order valence-electron chi connectivity index (χ4n) is 0.941. The molecule has 0 fully saturated rings. The molecule has 0 aromatic carbocycles. The summed E-state index contributed by atoms with van der Waals surface area (Å²) in [7, 11) is 1.90. The Balaban J connectivity index is 2.31. The van der Waals surface area contributed by atoms with E-state index in [1.54, 1.807) is 11.3 Å². The summed E-state index contributed by atoms with van der Waals surface area (Å²) in [4.78, 5) is 4.15. The van der Waals surface area contributed by atoms with Gasteiger partial charge in [0.25, 0.3) is 0 Å². The standard InChI is InChI=1S/C7H13N3S/c1-9-3-6(8)2-7-4-11-5-10-7/h4-6,9H,2-3,8H2,1H3. The maximum absolute atomic E-state index is 5.78. The average molecular weight is 171 g/mol. The monoisotopic (exact) mass is 171 g/mol. The van der Waals surface area contributed by atoms with Gasteiger partial charge in [0.05, 0.1) is 11.2 Å². The van der Waals surface area contributed by atoms with Crippen molar-refractivity contribution in [1.29, 1.82) is 0 Å². The Morgan fingerprint density at radius 2 is 2.64 bits per heavy atom. The second-order valence-corrected chi connectivity index (χ2v) is 3.22. The Morgan fingerprint density at radius 3 is 3.18 bits per heavy atom. The summed E-state index contributed by atoms with van der Waals surface area (Å²) in [5.74, 6) is 0. The molecule has 0 aliphatic heterocycles. The molecule has 11 heavy (non-hydrogen) atoms. The molecule has 0 saturated carbocycles. The summed E-state index contributed by atoms with van der Waals surface area (Å²) in [6, 6.07) is 0.182. The van der Waals surface area contributed by atoms with Crippen LogP contribution < -0.4 is 11.1 Å². The minimum atomic E-state index is 0.182. The van der Waals surface area contributed by atoms with E-state index in [4.69, 9.17) is 5.73 Å². The van der Waals surface area contributed by atoms with E-state index in [1.165, 1.54) is 0 Å². The number of hydrogen-bond donors (Lipinski definition) is 2. The second-order valence-electron chi connectivity index (χ2n) is 2.50. The van der Waals surface area contributed by atoms with Crippen molar-refractivity contribution in [1.82, 2.24) is 10.3 Å². The molecule has 0 spiro atoms. The van der Waals surface area contributed by atoms with Crippen LogP contribution in [0.25, 0.3) is 0 Å². The predicted molar refractivity (Wildman–Crippen MR) is 47.7 cm³/mol. The first-order chi connectivity index (χ1) is 5.33. The zero-order chi connectivity index (χ0) is 8.10. The van der Waals surface area contributed by atoms with E-state index in [2.05, 4.69) is 10.3 Å². The van der Waals surface area contributed by atoms with Gasteiger partial charge in [-0.05, 0) is 7.05 Å². The van der Waals surface area contributed by atoms with Crippen molar-refractivity contribution in [3.63, 3.8) is 0 Å². The molecule has 0 aliphatic carbocycles. The van der Waals surface area contributed by atoms with E-state index in [-0.39, 0.29) is 6.04 Å². The Hall–Kier alpha value is -0.450. The van der Waals surface area contributed by atoms with Crippen LogP contribution in [0.3, 0.4) is 0 Å². The number of rotatable bonds is 4. The molecule has 1 heterocycles. The molecule has 0 amide bonds. The third-order valence-corrected chi connectivity index (χ3v) is 2.06. The molecule has 62 valence electrons. The average Bonchev–Trinajstić information content (AvgIpc) is 2.40. The third kappa shape index (κ3) is 2.96. The predicted octanol–water partition coefficient (Wildman–Crippen LogP) is 0.232. The molecular formula is C7H13N3S. The molecule has 1 aromatic rings. The van der Waals surface area contributed by atoms with Crippen LogP contribution in [0.15, 0.2) is 10.9 Å². The molecule has 1 aromatic heterocycles. The molecule has 1 atom stereocenters. The molecule has 0 saturated heterocycles. The van der Waals surface area contributed by atoms with Gasteiger partial charge in [-0.3, -0.25) is 0 Å². The first-order valence-corrected chi connectivity index (χ1v) is 4.54. The van der Waals surface area contributed by atoms with Gasteiger partial charge in [-0.15, -0.1) is 11.3 Å². The van der Waals surface area contributed by atoms with Gasteiger partial charge in [0.1, 0.15) is 0 Å². The van der Waals surface area contributed by atoms with Gasteiger partial charge in [0.15, 0.2) is 0 Å². The Morgan fingerprint density at radius 1 is 1.82 bits per heavy atom. The van der Waals surface area contributed by atoms with Gasteiger partial charge in [0.2, 0.25) is 0 Å². The molecular weight excluding hydrogens is 158 g/mol. The third-order valence-electron chi connectivity index (χ3n) is 1.42. The Bertz CT molecular complexity index is 186. The van der Waals surface area contributed by atoms with Crippen LogP contribution in [-0.4, -0.2) is 24.6 Å². The highest BCUT2D eigenvalue weighted by Gasteiger charge is 2.02. The van der Waals surface area contributed by atoms with E-state index in [1.807, 2.05) is 17.9 Å². The Labute approximate surface area is 70.6 Å². The molecule has 0 aliphatic rings. The quantitative estimate of drug-likeness (QED) is 0.682. The van der Waals surface area contributed by atoms with Gasteiger partial charge < -0.3 is 11.1 Å². The zero-order valence-corrected chi connectivity index (χ0v) is 7.40. The SMILES string of the molecule is CNCC(N)Cc1cscn1. The van der Waals surface area contributed by atoms with Crippen LogP contribution in [-0.2, 0) is 6.42 Å². The second kappa shape index (κ2) is 4.43. The minimum absolute atomic E-state index is 0.182. The Kier molecular flexibility index (Phi) is 3.48. The molecule has 3 N–H and O–H groups in total. The summed E-state index contributed by atoms with van der Waals surface area (Å²) < 4.78 is 0. The number of thiazole rings is 1. The lowest BCUT2D eigenvalue weighted by atomic mass is 10.2. The van der Waals surface area contributed by atoms with Crippen LogP contribution in [0.4, 0.5) is 0 Å². The number of nitrogens with one attached hydrogen (secondary N) is 1. The maximum Gasteiger partial charge on any atom is 0.0794 e. The minimum Gasteiger partial charge on any atom is -0.326 e. The normalized spacial score (nSPS) is 13.3. The van der Waals surface area contributed by atoms with Crippen molar-refractivity contribution >= 4 is 11.3 Å². The number of nitrogens with zero attached hydrogens (tertiary/aromatic N) is 1. The van der Waals surface area contributed by atoms with E-state index in [0.29, 0.717) is 0 Å². The van der Waals surface area contributed by atoms with Crippen molar-refractivity contribution in [3.05, 3.63) is 16.6 Å². The first-order valence-electron chi connectivity index (χ1n) is 3.60. The molecule has 1 rings (SSSR count). The van der Waals surface area contributed by atoms with Crippen molar-refractivity contribution < 1.29 is 0 Å². The smallest absolute Gasteiger partial charge is 0.0794 e. The fourth-order valence-corrected chi connectivity index (χ4v) is 1.51. The highest BCUT2D eigenvalue weighted by molar-refractivity contribution is 7.07. The van der Waals surface area contributed by atoms with Crippen LogP contribution in [0.5, 0.6) is 0 Å². The lowest BCUT2D eigenvalue weighted by Crippen LogP contribution is -2.33. The van der Waals surface area contributed by atoms with Gasteiger partial charge in [0, 0.05) is 24.4 Å². The lowest BCUT2D eigenvalue weighted by Gasteiger charge is -2.07. The molecule has 1 unspecified atom stereocenters. The van der Waals surface area contributed by atoms with Crippen molar-refractivity contribution in [2.24, 2.45) is 5.73 Å². The van der Waals surface area contributed by atoms with Crippen LogP contribution in [0.1, 0.15) is 5.69 Å². The summed E-state index contributed by atoms with van der Waals surface area (Å²) in [5, 5.41) is 5.07. The van der Waals surface area contributed by atoms with Gasteiger partial charge in [-0.25, -0.2) is 4.98 Å². The number of likely N-dealkylation sites (N-methyl/N-ethyl adjacent to an activating group) is 1. The van der Waals surface area contributed by atoms with Crippen LogP contribution >= 0.6 is 11.3 Å². The topological polar surface area (TPSA) is 50.9 Å². The molecule has 4 heteroatoms. The van der Waals surface area contributed by atoms with Crippen molar-refractivity contribution in [2.75, 3.05) is 13.6 Å². The zero-order valence-electron chi connectivity index (χ0n) is 6.58. The summed E-state index contributed by atoms with van der Waals surface area (Å²) >= 11 is 1.61. The summed E-state index contributed by atoms with van der Waals surface area (Å²) in [5.41, 5.74) is 8.71. The fraction of sp³-hybridized carbons (Fsp3) is 0.571. The largest absolute Gasteiger partial charge is 0.326 e. The highest BCUT2D eigenvalue weighted by Crippen LogP contribution is 2.02. The lowest BCUT2D eigenvalue weighted by molar-refractivity contribution is 0.610. The van der Waals surface area contributed by atoms with Gasteiger partial charge in [-0.2, -0.15) is 0 Å². The van der Waals surface area contributed by atoms with Crippen molar-refractivity contribution in [3.8, 4) is 0 Å². The summed E-state index contributed by atoms with van der Waals surface area (Å²) in [6.45, 7) is 0.845. The number of aromatic nitrogens is 1. The van der Waals surface area contributed by atoms with E-state index in [9.17, 15) is 0 Å². The highest BCUT2D eigenvalue weighted by atomic mass is 32.1. The van der Waals surface area contributed by atoms with Gasteiger partial charge in [-0.1, -0.05) is 0 Å². The molecule has 0 bridgehead atoms. The van der Waals surface area contributed by atoms with E-state index < -0.39 is 0 Å². The van der Waals surface area contributed by atoms with Crippen LogP contribution in [0, 0.1) is 0 Å². The summed E-state index contributed by atoms with van der Waals surface area (Å²) in [6.07, 6.45) is 0.865. The maximum atomic E-state index is 5.78. The molecule has 0 radical (unpaired) electrons. The van der Waals surface area contributed by atoms with Crippen molar-refractivity contribution in [2.45, 2.75) is 12.5 Å².